The molecule has 3 nitrogen and oxygen atoms in total. The average molecular weight is 247 g/mol. The van der Waals surface area contributed by atoms with Crippen LogP contribution in [0.15, 0.2) is 36.5 Å². The number of nitrogens with zero attached hydrogens (tertiary/aromatic N) is 2. The summed E-state index contributed by atoms with van der Waals surface area (Å²) in [5, 5.41) is 7.38. The summed E-state index contributed by atoms with van der Waals surface area (Å²) in [5.74, 6) is -0.294. The molecule has 1 N–H and O–H groups in total. The molecule has 0 saturated heterocycles. The monoisotopic (exact) mass is 247 g/mol. The van der Waals surface area contributed by atoms with E-state index in [1.54, 1.807) is 6.20 Å². The lowest BCUT2D eigenvalue weighted by molar-refractivity contribution is 0.492. The molecule has 0 spiro atoms. The van der Waals surface area contributed by atoms with Crippen molar-refractivity contribution in [1.29, 1.82) is 0 Å². The predicted octanol–water partition coefficient (Wildman–Crippen LogP) is 3.07. The molecular formula is C14H18FN3. The maximum absolute atomic E-state index is 14.3. The molecule has 1 aromatic heterocycles. The maximum Gasteiger partial charge on any atom is 0.221 e. The molecule has 0 bridgehead atoms. The van der Waals surface area contributed by atoms with Crippen molar-refractivity contribution in [3.63, 3.8) is 0 Å². The fourth-order valence-corrected chi connectivity index (χ4v) is 1.86. The smallest absolute Gasteiger partial charge is 0.221 e. The quantitative estimate of drug-likeness (QED) is 0.880. The molecular weight excluding hydrogens is 229 g/mol. The molecule has 1 heterocycles. The predicted molar refractivity (Wildman–Crippen MR) is 70.2 cm³/mol. The zero-order valence-corrected chi connectivity index (χ0v) is 10.7. The van der Waals surface area contributed by atoms with Gasteiger partial charge in [0.15, 0.2) is 0 Å². The zero-order valence-electron chi connectivity index (χ0n) is 10.7. The van der Waals surface area contributed by atoms with Gasteiger partial charge in [0.2, 0.25) is 5.95 Å². The minimum Gasteiger partial charge on any atom is -0.310 e. The number of benzene rings is 1. The van der Waals surface area contributed by atoms with Gasteiger partial charge in [-0.25, -0.2) is 4.68 Å². The van der Waals surface area contributed by atoms with Gasteiger partial charge < -0.3 is 5.32 Å². The lowest BCUT2D eigenvalue weighted by Crippen LogP contribution is -2.20. The molecule has 0 fully saturated rings. The molecule has 2 aromatic rings. The Hall–Kier alpha value is -1.68. The van der Waals surface area contributed by atoms with Crippen molar-refractivity contribution in [2.75, 3.05) is 6.54 Å². The topological polar surface area (TPSA) is 29.9 Å². The number of rotatable bonds is 5. The van der Waals surface area contributed by atoms with Gasteiger partial charge >= 0.3 is 0 Å². The summed E-state index contributed by atoms with van der Waals surface area (Å²) >= 11 is 0. The molecule has 1 aromatic carbocycles. The van der Waals surface area contributed by atoms with Crippen molar-refractivity contribution in [2.24, 2.45) is 0 Å². The number of nitrogens with one attached hydrogen (secondary N) is 1. The molecule has 0 saturated carbocycles. The molecule has 2 rings (SSSR count). The van der Waals surface area contributed by atoms with Crippen LogP contribution in [-0.4, -0.2) is 16.3 Å². The van der Waals surface area contributed by atoms with Gasteiger partial charge in [0.05, 0.1) is 11.9 Å². The van der Waals surface area contributed by atoms with Crippen molar-refractivity contribution in [1.82, 2.24) is 15.1 Å². The Kier molecular flexibility index (Phi) is 4.10. The standard InChI is InChI=1S/C14H18FN3/c1-3-9-16-11(2)13-10-17-18(14(13)15)12-7-5-4-6-8-12/h4-8,10-11,16H,3,9H2,1-2H3. The van der Waals surface area contributed by atoms with E-state index in [0.717, 1.165) is 18.7 Å². The van der Waals surface area contributed by atoms with E-state index in [1.807, 2.05) is 37.3 Å². The van der Waals surface area contributed by atoms with Crippen LogP contribution in [0.5, 0.6) is 0 Å². The second kappa shape index (κ2) is 5.78. The third kappa shape index (κ3) is 2.59. The fourth-order valence-electron chi connectivity index (χ4n) is 1.86. The molecule has 0 amide bonds. The first-order valence-electron chi connectivity index (χ1n) is 6.26. The summed E-state index contributed by atoms with van der Waals surface area (Å²) in [5.41, 5.74) is 1.34. The van der Waals surface area contributed by atoms with E-state index in [4.69, 9.17) is 0 Å². The minimum absolute atomic E-state index is 0.0255. The Morgan fingerprint density at radius 2 is 2.06 bits per heavy atom. The van der Waals surface area contributed by atoms with Gasteiger partial charge in [0, 0.05) is 11.6 Å². The van der Waals surface area contributed by atoms with Crippen LogP contribution in [0, 0.1) is 5.95 Å². The molecule has 1 unspecified atom stereocenters. The molecule has 4 heteroatoms. The number of hydrogen-bond acceptors (Lipinski definition) is 2. The Labute approximate surface area is 107 Å². The summed E-state index contributed by atoms with van der Waals surface area (Å²) in [6.45, 7) is 4.91. The van der Waals surface area contributed by atoms with Crippen LogP contribution in [0.2, 0.25) is 0 Å². The summed E-state index contributed by atoms with van der Waals surface area (Å²) < 4.78 is 15.6. The SMILES string of the molecule is CCCNC(C)c1cnn(-c2ccccc2)c1F. The highest BCUT2D eigenvalue weighted by Crippen LogP contribution is 2.19. The summed E-state index contributed by atoms with van der Waals surface area (Å²) in [6.07, 6.45) is 2.62. The molecule has 1 atom stereocenters. The van der Waals surface area contributed by atoms with Gasteiger partial charge in [-0.2, -0.15) is 9.49 Å². The van der Waals surface area contributed by atoms with E-state index in [0.29, 0.717) is 5.56 Å². The van der Waals surface area contributed by atoms with Crippen molar-refractivity contribution in [2.45, 2.75) is 26.3 Å². The molecule has 0 radical (unpaired) electrons. The van der Waals surface area contributed by atoms with Crippen LogP contribution in [0.1, 0.15) is 31.9 Å². The van der Waals surface area contributed by atoms with E-state index in [1.165, 1.54) is 4.68 Å². The van der Waals surface area contributed by atoms with E-state index >= 15 is 0 Å². The number of halogens is 1. The van der Waals surface area contributed by atoms with Crippen molar-refractivity contribution >= 4 is 0 Å². The fraction of sp³-hybridized carbons (Fsp3) is 0.357. The Morgan fingerprint density at radius 3 is 2.72 bits per heavy atom. The Balaban J connectivity index is 2.24. The van der Waals surface area contributed by atoms with Gasteiger partial charge in [-0.3, -0.25) is 0 Å². The minimum atomic E-state index is -0.294. The highest BCUT2D eigenvalue weighted by atomic mass is 19.1. The molecule has 0 aliphatic carbocycles. The Bertz CT molecular complexity index is 493. The van der Waals surface area contributed by atoms with Crippen LogP contribution in [0.4, 0.5) is 4.39 Å². The first-order valence-corrected chi connectivity index (χ1v) is 6.26. The van der Waals surface area contributed by atoms with E-state index < -0.39 is 0 Å². The Morgan fingerprint density at radius 1 is 1.33 bits per heavy atom. The van der Waals surface area contributed by atoms with Gasteiger partial charge in [0.25, 0.3) is 0 Å². The highest BCUT2D eigenvalue weighted by molar-refractivity contribution is 5.32. The molecule has 18 heavy (non-hydrogen) atoms. The van der Waals surface area contributed by atoms with E-state index in [2.05, 4.69) is 17.3 Å². The number of hydrogen-bond donors (Lipinski definition) is 1. The largest absolute Gasteiger partial charge is 0.310 e. The van der Waals surface area contributed by atoms with E-state index in [9.17, 15) is 4.39 Å². The summed E-state index contributed by atoms with van der Waals surface area (Å²) in [4.78, 5) is 0. The van der Waals surface area contributed by atoms with Crippen LogP contribution < -0.4 is 5.32 Å². The van der Waals surface area contributed by atoms with Crippen LogP contribution in [-0.2, 0) is 0 Å². The molecule has 96 valence electrons. The molecule has 0 aliphatic heterocycles. The van der Waals surface area contributed by atoms with Gasteiger partial charge in [0.1, 0.15) is 0 Å². The second-order valence-electron chi connectivity index (χ2n) is 4.31. The van der Waals surface area contributed by atoms with Crippen LogP contribution in [0.3, 0.4) is 0 Å². The van der Waals surface area contributed by atoms with Crippen molar-refractivity contribution < 1.29 is 4.39 Å². The second-order valence-corrected chi connectivity index (χ2v) is 4.31. The van der Waals surface area contributed by atoms with Gasteiger partial charge in [-0.05, 0) is 32.0 Å². The summed E-state index contributed by atoms with van der Waals surface area (Å²) in [6, 6.07) is 9.29. The normalized spacial score (nSPS) is 12.6. The van der Waals surface area contributed by atoms with Crippen LogP contribution in [0.25, 0.3) is 5.69 Å². The number of para-hydroxylation sites is 1. The van der Waals surface area contributed by atoms with Crippen molar-refractivity contribution in [3.05, 3.63) is 48.0 Å². The third-order valence-corrected chi connectivity index (χ3v) is 2.90. The average Bonchev–Trinajstić information content (AvgIpc) is 2.79. The maximum atomic E-state index is 14.3. The lowest BCUT2D eigenvalue weighted by Gasteiger charge is -2.11. The van der Waals surface area contributed by atoms with E-state index in [-0.39, 0.29) is 12.0 Å². The van der Waals surface area contributed by atoms with Crippen LogP contribution >= 0.6 is 0 Å². The first-order chi connectivity index (χ1) is 8.74. The van der Waals surface area contributed by atoms with Gasteiger partial charge in [-0.15, -0.1) is 0 Å². The zero-order chi connectivity index (χ0) is 13.0. The lowest BCUT2D eigenvalue weighted by atomic mass is 10.2. The first kappa shape index (κ1) is 12.8. The molecule has 0 aliphatic rings. The number of aromatic nitrogens is 2. The van der Waals surface area contributed by atoms with Crippen molar-refractivity contribution in [3.8, 4) is 5.69 Å². The highest BCUT2D eigenvalue weighted by Gasteiger charge is 2.16. The third-order valence-electron chi connectivity index (χ3n) is 2.90. The van der Waals surface area contributed by atoms with Gasteiger partial charge in [-0.1, -0.05) is 25.1 Å². The summed E-state index contributed by atoms with van der Waals surface area (Å²) in [7, 11) is 0.